The lowest BCUT2D eigenvalue weighted by Gasteiger charge is -2.09. The van der Waals surface area contributed by atoms with E-state index in [-0.39, 0.29) is 29.5 Å². The molecule has 0 fully saturated rings. The highest BCUT2D eigenvalue weighted by atomic mass is 32.1. The van der Waals surface area contributed by atoms with Gasteiger partial charge in [0.2, 0.25) is 0 Å². The fourth-order valence-corrected chi connectivity index (χ4v) is 5.49. The first-order valence-corrected chi connectivity index (χ1v) is 12.5. The van der Waals surface area contributed by atoms with Crippen molar-refractivity contribution in [2.45, 2.75) is 39.5 Å². The minimum Gasteiger partial charge on any atom is -0.464 e. The van der Waals surface area contributed by atoms with Crippen LogP contribution in [-0.4, -0.2) is 56.0 Å². The van der Waals surface area contributed by atoms with Crippen LogP contribution >= 0.6 is 11.3 Å². The quantitative estimate of drug-likeness (QED) is 0.455. The second-order valence-corrected chi connectivity index (χ2v) is 9.82. The highest BCUT2D eigenvalue weighted by molar-refractivity contribution is 7.18. The highest BCUT2D eigenvalue weighted by Gasteiger charge is 2.27. The minimum atomic E-state index is -0.644. The van der Waals surface area contributed by atoms with E-state index in [2.05, 4.69) is 11.4 Å². The largest absolute Gasteiger partial charge is 0.464 e. The van der Waals surface area contributed by atoms with Crippen molar-refractivity contribution < 1.29 is 33.1 Å². The zero-order valence-corrected chi connectivity index (χ0v) is 21.5. The molecule has 3 aromatic rings. The van der Waals surface area contributed by atoms with Crippen LogP contribution in [0.5, 0.6) is 0 Å². The summed E-state index contributed by atoms with van der Waals surface area (Å²) in [4.78, 5) is 51.8. The topological polar surface area (TPSA) is 115 Å². The van der Waals surface area contributed by atoms with Crippen LogP contribution in [0.1, 0.15) is 55.6 Å². The Kier molecular flexibility index (Phi) is 7.44. The normalized spacial score (nSPS) is 12.3. The number of furan rings is 1. The molecule has 0 atom stereocenters. The zero-order valence-electron chi connectivity index (χ0n) is 20.7. The second kappa shape index (κ2) is 10.5. The van der Waals surface area contributed by atoms with Crippen LogP contribution in [0.2, 0.25) is 0 Å². The number of amides is 2. The maximum atomic E-state index is 12.6. The molecule has 0 saturated heterocycles. The third-order valence-electron chi connectivity index (χ3n) is 6.05. The fraction of sp³-hybridized carbons (Fsp3) is 0.385. The predicted octanol–water partition coefficient (Wildman–Crippen LogP) is 3.89. The molecule has 0 aliphatic heterocycles. The molecule has 4 rings (SSSR count). The molecular formula is C26H28N2O7S. The van der Waals surface area contributed by atoms with Crippen LogP contribution in [0.25, 0.3) is 11.0 Å². The monoisotopic (exact) mass is 512 g/mol. The van der Waals surface area contributed by atoms with Gasteiger partial charge in [-0.05, 0) is 61.9 Å². The van der Waals surface area contributed by atoms with Crippen molar-refractivity contribution >= 4 is 51.1 Å². The number of ether oxygens (including phenoxy) is 2. The van der Waals surface area contributed by atoms with E-state index in [1.165, 1.54) is 16.0 Å². The van der Waals surface area contributed by atoms with Gasteiger partial charge in [0.15, 0.2) is 6.61 Å². The van der Waals surface area contributed by atoms with Crippen LogP contribution in [-0.2, 0) is 38.3 Å². The summed E-state index contributed by atoms with van der Waals surface area (Å²) in [6.07, 6.45) is 4.67. The molecule has 10 heteroatoms. The van der Waals surface area contributed by atoms with Crippen LogP contribution in [0, 0.1) is 6.92 Å². The molecule has 1 aromatic carbocycles. The number of aryl methyl sites for hydroxylation is 2. The summed E-state index contributed by atoms with van der Waals surface area (Å²) in [6.45, 7) is 2.89. The van der Waals surface area contributed by atoms with Crippen molar-refractivity contribution in [3.05, 3.63) is 51.1 Å². The van der Waals surface area contributed by atoms with Crippen LogP contribution in [0.3, 0.4) is 0 Å². The zero-order chi connectivity index (χ0) is 26.0. The first-order chi connectivity index (χ1) is 17.2. The third kappa shape index (κ3) is 5.13. The minimum absolute atomic E-state index is 0.0350. The van der Waals surface area contributed by atoms with E-state index in [1.54, 1.807) is 34.2 Å². The van der Waals surface area contributed by atoms with E-state index in [0.717, 1.165) is 41.6 Å². The van der Waals surface area contributed by atoms with Crippen molar-refractivity contribution in [2.24, 2.45) is 0 Å². The number of rotatable bonds is 8. The van der Waals surface area contributed by atoms with Crippen molar-refractivity contribution in [1.29, 1.82) is 0 Å². The first kappa shape index (κ1) is 25.4. The number of carbonyl (C=O) groups excluding carboxylic acids is 4. The Bertz CT molecular complexity index is 1350. The third-order valence-corrected chi connectivity index (χ3v) is 7.24. The van der Waals surface area contributed by atoms with Gasteiger partial charge in [0.25, 0.3) is 11.8 Å². The van der Waals surface area contributed by atoms with Gasteiger partial charge in [-0.25, -0.2) is 4.79 Å². The van der Waals surface area contributed by atoms with Crippen molar-refractivity contribution in [2.75, 3.05) is 32.6 Å². The molecule has 1 aliphatic rings. The Labute approximate surface area is 212 Å². The Morgan fingerprint density at radius 3 is 2.53 bits per heavy atom. The molecule has 1 aliphatic carbocycles. The van der Waals surface area contributed by atoms with Gasteiger partial charge < -0.3 is 24.1 Å². The summed E-state index contributed by atoms with van der Waals surface area (Å²) < 4.78 is 15.9. The maximum absolute atomic E-state index is 12.6. The number of nitrogens with zero attached hydrogens (tertiary/aromatic N) is 1. The van der Waals surface area contributed by atoms with Gasteiger partial charge in [0, 0.05) is 25.0 Å². The number of nitrogens with one attached hydrogen (secondary N) is 1. The van der Waals surface area contributed by atoms with E-state index < -0.39 is 24.5 Å². The lowest BCUT2D eigenvalue weighted by atomic mass is 10.0. The average molecular weight is 513 g/mol. The number of hydrogen-bond donors (Lipinski definition) is 1. The van der Waals surface area contributed by atoms with Crippen LogP contribution in [0.15, 0.2) is 22.8 Å². The summed E-state index contributed by atoms with van der Waals surface area (Å²) in [7, 11) is 3.19. The Hall–Kier alpha value is -3.66. The van der Waals surface area contributed by atoms with Gasteiger partial charge >= 0.3 is 11.9 Å². The summed E-state index contributed by atoms with van der Waals surface area (Å²) >= 11 is 0.977. The highest BCUT2D eigenvalue weighted by Crippen LogP contribution is 2.34. The van der Waals surface area contributed by atoms with Gasteiger partial charge in [-0.2, -0.15) is 0 Å². The summed E-state index contributed by atoms with van der Waals surface area (Å²) in [6, 6.07) is 4.10. The van der Waals surface area contributed by atoms with Crippen LogP contribution in [0.4, 0.5) is 5.00 Å². The second-order valence-electron chi connectivity index (χ2n) is 8.80. The van der Waals surface area contributed by atoms with Crippen molar-refractivity contribution in [3.63, 3.8) is 0 Å². The molecule has 1 N–H and O–H groups in total. The first-order valence-electron chi connectivity index (χ1n) is 11.7. The average Bonchev–Trinajstić information content (AvgIpc) is 3.53. The number of carbonyl (C=O) groups is 4. The molecule has 190 valence electrons. The number of benzene rings is 1. The van der Waals surface area contributed by atoms with Gasteiger partial charge in [0.05, 0.1) is 29.7 Å². The van der Waals surface area contributed by atoms with E-state index in [0.29, 0.717) is 16.0 Å². The molecule has 0 unspecified atom stereocenters. The number of esters is 2. The molecule has 0 bridgehead atoms. The van der Waals surface area contributed by atoms with Gasteiger partial charge in [-0.3, -0.25) is 14.4 Å². The Morgan fingerprint density at radius 1 is 1.11 bits per heavy atom. The molecule has 0 saturated carbocycles. The molecule has 2 heterocycles. The molecule has 0 spiro atoms. The van der Waals surface area contributed by atoms with E-state index in [4.69, 9.17) is 13.9 Å². The maximum Gasteiger partial charge on any atom is 0.341 e. The standard InChI is InChI=1S/C26H28N2O7S/c1-5-33-26(32)22-14(2)23(25(31)28(3)4)36-24(22)27-20(29)13-35-21(30)11-17-12-34-19-10-16-8-6-7-15(16)9-18(17)19/h9-10,12H,5-8,11,13H2,1-4H3,(H,27,29). The van der Waals surface area contributed by atoms with Crippen molar-refractivity contribution in [1.82, 2.24) is 4.90 Å². The van der Waals surface area contributed by atoms with Crippen LogP contribution < -0.4 is 5.32 Å². The number of anilines is 1. The summed E-state index contributed by atoms with van der Waals surface area (Å²) in [5, 5.41) is 3.64. The smallest absolute Gasteiger partial charge is 0.341 e. The number of thiophene rings is 1. The van der Waals surface area contributed by atoms with Gasteiger partial charge in [-0.15, -0.1) is 11.3 Å². The number of fused-ring (bicyclic) bond motifs is 2. The van der Waals surface area contributed by atoms with Gasteiger partial charge in [0.1, 0.15) is 10.6 Å². The van der Waals surface area contributed by atoms with Gasteiger partial charge in [-0.1, -0.05) is 0 Å². The predicted molar refractivity (Wildman–Crippen MR) is 135 cm³/mol. The summed E-state index contributed by atoms with van der Waals surface area (Å²) in [5.41, 5.74) is 4.53. The Balaban J connectivity index is 1.42. The Morgan fingerprint density at radius 2 is 1.83 bits per heavy atom. The lowest BCUT2D eigenvalue weighted by molar-refractivity contribution is -0.146. The molecule has 0 radical (unpaired) electrons. The fourth-order valence-electron chi connectivity index (χ4n) is 4.26. The van der Waals surface area contributed by atoms with E-state index in [1.807, 2.05) is 6.07 Å². The molecular weight excluding hydrogens is 484 g/mol. The van der Waals surface area contributed by atoms with Crippen molar-refractivity contribution in [3.8, 4) is 0 Å². The molecule has 2 aromatic heterocycles. The number of hydrogen-bond acceptors (Lipinski definition) is 8. The van der Waals surface area contributed by atoms with E-state index in [9.17, 15) is 19.2 Å². The summed E-state index contributed by atoms with van der Waals surface area (Å²) in [5.74, 6) is -2.15. The molecule has 36 heavy (non-hydrogen) atoms. The van der Waals surface area contributed by atoms with E-state index >= 15 is 0 Å². The lowest BCUT2D eigenvalue weighted by Crippen LogP contribution is -2.22. The SMILES string of the molecule is CCOC(=O)c1c(NC(=O)COC(=O)Cc2coc3cc4c(cc23)CCC4)sc(C(=O)N(C)C)c1C. The molecule has 9 nitrogen and oxygen atoms in total. The molecule has 2 amide bonds.